The first-order valence-electron chi connectivity index (χ1n) is 12.1. The van der Waals surface area contributed by atoms with Crippen molar-refractivity contribution in [3.05, 3.63) is 54.1 Å². The third-order valence-electron chi connectivity index (χ3n) is 5.80. The number of hydrogen-bond acceptors (Lipinski definition) is 8. The standard InChI is InChI=1S/C25H31FN6O3S.ClH/c1-3-4-13-36(33,34)32-19-14-17(2)23(21(26)15-19)35-24-20(8-6-11-28-24)22-9-12-29-25(31-22)30-18-7-5-10-27-16-18;/h6,8-9,11-12,14-15,18,27,32H,3-5,7,10,13,16H2,1-2H3,(H,29,30,31);1H. The van der Waals surface area contributed by atoms with Crippen LogP contribution in [0.3, 0.4) is 0 Å². The maximum atomic E-state index is 15.1. The molecule has 1 fully saturated rings. The van der Waals surface area contributed by atoms with E-state index in [0.717, 1.165) is 38.4 Å². The molecule has 3 heterocycles. The normalized spacial score (nSPS) is 15.5. The fourth-order valence-corrected chi connectivity index (χ4v) is 5.23. The number of sulfonamides is 1. The molecular formula is C25H32ClFN6O3S. The summed E-state index contributed by atoms with van der Waals surface area (Å²) < 4.78 is 47.8. The maximum absolute atomic E-state index is 15.1. The first kappa shape index (κ1) is 28.5. The third kappa shape index (κ3) is 7.73. The second kappa shape index (κ2) is 13.0. The van der Waals surface area contributed by atoms with Crippen molar-refractivity contribution in [2.24, 2.45) is 0 Å². The lowest BCUT2D eigenvalue weighted by molar-refractivity contribution is 0.426. The minimum absolute atomic E-state index is 0. The van der Waals surface area contributed by atoms with Gasteiger partial charge in [-0.1, -0.05) is 13.3 Å². The van der Waals surface area contributed by atoms with Gasteiger partial charge in [-0.25, -0.2) is 27.8 Å². The molecule has 0 amide bonds. The van der Waals surface area contributed by atoms with Crippen LogP contribution < -0.4 is 20.1 Å². The van der Waals surface area contributed by atoms with Crippen molar-refractivity contribution >= 4 is 34.1 Å². The van der Waals surface area contributed by atoms with E-state index in [0.29, 0.717) is 29.2 Å². The lowest BCUT2D eigenvalue weighted by atomic mass is 10.1. The molecule has 0 aliphatic carbocycles. The van der Waals surface area contributed by atoms with Gasteiger partial charge < -0.3 is 15.4 Å². The van der Waals surface area contributed by atoms with Crippen LogP contribution in [-0.2, 0) is 10.0 Å². The number of nitrogens with zero attached hydrogens (tertiary/aromatic N) is 3. The second-order valence-electron chi connectivity index (χ2n) is 8.79. The molecule has 9 nitrogen and oxygen atoms in total. The molecule has 1 aliphatic heterocycles. The van der Waals surface area contributed by atoms with Crippen LogP contribution in [0, 0.1) is 12.7 Å². The van der Waals surface area contributed by atoms with E-state index < -0.39 is 15.8 Å². The van der Waals surface area contributed by atoms with Crippen LogP contribution in [0.25, 0.3) is 11.3 Å². The van der Waals surface area contributed by atoms with Gasteiger partial charge in [0.1, 0.15) is 0 Å². The first-order chi connectivity index (χ1) is 17.3. The van der Waals surface area contributed by atoms with Gasteiger partial charge in [-0.05, 0) is 62.6 Å². The number of pyridine rings is 1. The molecule has 0 radical (unpaired) electrons. The number of rotatable bonds is 10. The molecule has 3 N–H and O–H groups in total. The Hall–Kier alpha value is -3.02. The van der Waals surface area contributed by atoms with Crippen LogP contribution in [0.4, 0.5) is 16.0 Å². The molecule has 3 aromatic rings. The molecule has 1 aromatic carbocycles. The summed E-state index contributed by atoms with van der Waals surface area (Å²) in [4.78, 5) is 13.3. The van der Waals surface area contributed by atoms with Crippen LogP contribution >= 0.6 is 12.4 Å². The zero-order valence-electron chi connectivity index (χ0n) is 20.8. The van der Waals surface area contributed by atoms with E-state index in [1.807, 2.05) is 6.92 Å². The third-order valence-corrected chi connectivity index (χ3v) is 7.17. The van der Waals surface area contributed by atoms with Crippen molar-refractivity contribution in [3.8, 4) is 22.9 Å². The molecule has 1 atom stereocenters. The van der Waals surface area contributed by atoms with E-state index >= 15 is 4.39 Å². The number of halogens is 2. The van der Waals surface area contributed by atoms with Crippen molar-refractivity contribution in [1.82, 2.24) is 20.3 Å². The predicted molar refractivity (Wildman–Crippen MR) is 146 cm³/mol. The Labute approximate surface area is 223 Å². The van der Waals surface area contributed by atoms with Gasteiger partial charge in [-0.2, -0.15) is 0 Å². The average molecular weight is 551 g/mol. The van der Waals surface area contributed by atoms with Gasteiger partial charge in [0.05, 0.1) is 22.7 Å². The Morgan fingerprint density at radius 1 is 1.22 bits per heavy atom. The largest absolute Gasteiger partial charge is 0.435 e. The number of anilines is 2. The Morgan fingerprint density at radius 3 is 2.78 bits per heavy atom. The average Bonchev–Trinajstić information content (AvgIpc) is 2.86. The van der Waals surface area contributed by atoms with Crippen molar-refractivity contribution in [1.29, 1.82) is 0 Å². The van der Waals surface area contributed by atoms with Crippen molar-refractivity contribution < 1.29 is 17.5 Å². The highest BCUT2D eigenvalue weighted by Gasteiger charge is 2.19. The molecule has 0 bridgehead atoms. The molecule has 1 saturated heterocycles. The lowest BCUT2D eigenvalue weighted by Crippen LogP contribution is -2.38. The number of aryl methyl sites for hydroxylation is 1. The Kier molecular flexibility index (Phi) is 10.0. The van der Waals surface area contributed by atoms with Gasteiger partial charge in [0, 0.05) is 31.0 Å². The Balaban J connectivity index is 0.00000380. The summed E-state index contributed by atoms with van der Waals surface area (Å²) in [5, 5.41) is 6.71. The topological polar surface area (TPSA) is 118 Å². The van der Waals surface area contributed by atoms with Gasteiger partial charge in [-0.3, -0.25) is 4.72 Å². The molecule has 1 aliphatic rings. The van der Waals surface area contributed by atoms with Gasteiger partial charge in [0.25, 0.3) is 0 Å². The fourth-order valence-electron chi connectivity index (χ4n) is 3.98. The van der Waals surface area contributed by atoms with E-state index in [1.165, 1.54) is 6.07 Å². The zero-order valence-corrected chi connectivity index (χ0v) is 22.5. The number of benzene rings is 1. The smallest absolute Gasteiger partial charge is 0.232 e. The van der Waals surface area contributed by atoms with E-state index in [2.05, 4.69) is 30.3 Å². The molecule has 0 saturated carbocycles. The summed E-state index contributed by atoms with van der Waals surface area (Å²) in [6.07, 6.45) is 6.60. The summed E-state index contributed by atoms with van der Waals surface area (Å²) in [6, 6.07) is 8.17. The number of nitrogens with one attached hydrogen (secondary N) is 3. The fraction of sp³-hybridized carbons (Fsp3) is 0.400. The van der Waals surface area contributed by atoms with E-state index in [-0.39, 0.29) is 41.5 Å². The highest BCUT2D eigenvalue weighted by atomic mass is 35.5. The molecule has 2 aromatic heterocycles. The number of aromatic nitrogens is 3. The highest BCUT2D eigenvalue weighted by molar-refractivity contribution is 7.92. The molecule has 12 heteroatoms. The summed E-state index contributed by atoms with van der Waals surface area (Å²) >= 11 is 0. The summed E-state index contributed by atoms with van der Waals surface area (Å²) in [5.74, 6) is -0.0770. The van der Waals surface area contributed by atoms with Crippen molar-refractivity contribution in [2.75, 3.05) is 28.9 Å². The quantitative estimate of drug-likeness (QED) is 0.326. The Morgan fingerprint density at radius 2 is 2.05 bits per heavy atom. The monoisotopic (exact) mass is 550 g/mol. The summed E-state index contributed by atoms with van der Waals surface area (Å²) in [5.41, 5.74) is 1.73. The predicted octanol–water partition coefficient (Wildman–Crippen LogP) is 4.91. The van der Waals surface area contributed by atoms with Gasteiger partial charge in [0.15, 0.2) is 11.6 Å². The van der Waals surface area contributed by atoms with Gasteiger partial charge >= 0.3 is 0 Å². The zero-order chi connectivity index (χ0) is 25.5. The van der Waals surface area contributed by atoms with Crippen LogP contribution in [0.5, 0.6) is 11.6 Å². The number of piperidine rings is 1. The number of unbranched alkanes of at least 4 members (excludes halogenated alkanes) is 1. The van der Waals surface area contributed by atoms with Gasteiger partial charge in [0.2, 0.25) is 21.9 Å². The molecular weight excluding hydrogens is 519 g/mol. The second-order valence-corrected chi connectivity index (χ2v) is 10.6. The first-order valence-corrected chi connectivity index (χ1v) is 13.7. The number of ether oxygens (including phenoxy) is 1. The van der Waals surface area contributed by atoms with E-state index in [4.69, 9.17) is 4.74 Å². The lowest BCUT2D eigenvalue weighted by Gasteiger charge is -2.23. The maximum Gasteiger partial charge on any atom is 0.232 e. The highest BCUT2D eigenvalue weighted by Crippen LogP contribution is 2.35. The minimum Gasteiger partial charge on any atom is -0.435 e. The van der Waals surface area contributed by atoms with E-state index in [1.54, 1.807) is 37.5 Å². The van der Waals surface area contributed by atoms with Crippen LogP contribution in [-0.4, -0.2) is 48.3 Å². The van der Waals surface area contributed by atoms with E-state index in [9.17, 15) is 8.42 Å². The summed E-state index contributed by atoms with van der Waals surface area (Å²) in [6.45, 7) is 5.41. The van der Waals surface area contributed by atoms with Crippen LogP contribution in [0.2, 0.25) is 0 Å². The van der Waals surface area contributed by atoms with Gasteiger partial charge in [-0.15, -0.1) is 12.4 Å². The SMILES string of the molecule is CCCCS(=O)(=O)Nc1cc(C)c(Oc2ncccc2-c2ccnc(NC3CCCNC3)n2)c(F)c1.Cl. The van der Waals surface area contributed by atoms with Crippen molar-refractivity contribution in [2.45, 2.75) is 45.6 Å². The number of hydrogen-bond donors (Lipinski definition) is 3. The molecule has 37 heavy (non-hydrogen) atoms. The molecule has 200 valence electrons. The Bertz CT molecular complexity index is 1280. The summed E-state index contributed by atoms with van der Waals surface area (Å²) in [7, 11) is -3.55. The molecule has 0 spiro atoms. The minimum atomic E-state index is -3.55. The van der Waals surface area contributed by atoms with Crippen LogP contribution in [0.1, 0.15) is 38.2 Å². The van der Waals surface area contributed by atoms with Crippen molar-refractivity contribution in [3.63, 3.8) is 0 Å². The molecule has 4 rings (SSSR count). The van der Waals surface area contributed by atoms with Crippen LogP contribution in [0.15, 0.2) is 42.7 Å². The molecule has 1 unspecified atom stereocenters.